The van der Waals surface area contributed by atoms with Crippen molar-refractivity contribution in [2.24, 2.45) is 0 Å². The quantitative estimate of drug-likeness (QED) is 0.350. The number of carbonyl (C=O) groups is 1. The summed E-state index contributed by atoms with van der Waals surface area (Å²) >= 11 is 0. The van der Waals surface area contributed by atoms with Crippen LogP contribution in [-0.2, 0) is 10.3 Å². The van der Waals surface area contributed by atoms with Gasteiger partial charge >= 0.3 is 6.09 Å². The molecule has 0 spiro atoms. The Hall–Kier alpha value is -4.00. The highest BCUT2D eigenvalue weighted by Crippen LogP contribution is 2.42. The SMILES string of the molecule is Cc1cc2ncc3cc(C4C=CC=CC4)c(-c4ccc(C5(NC(=O)OC(C)C)CCC5)cc4)nc3n2n1. The summed E-state index contributed by atoms with van der Waals surface area (Å²) in [5.41, 5.74) is 6.37. The van der Waals surface area contributed by atoms with Gasteiger partial charge in [-0.05, 0) is 63.6 Å². The number of fused-ring (bicyclic) bond motifs is 3. The number of aromatic nitrogens is 4. The van der Waals surface area contributed by atoms with Crippen LogP contribution in [0, 0.1) is 6.92 Å². The molecule has 1 fully saturated rings. The Bertz CT molecular complexity index is 1540. The highest BCUT2D eigenvalue weighted by molar-refractivity contribution is 5.82. The minimum atomic E-state index is -0.370. The second-order valence-electron chi connectivity index (χ2n) is 10.4. The van der Waals surface area contributed by atoms with E-state index in [4.69, 9.17) is 9.72 Å². The standard InChI is InChI=1S/C30H31N5O2/c1-19(2)37-29(36)33-30(14-7-15-30)24-12-10-22(11-13-24)27-25(21-8-5-4-6-9-21)17-23-18-31-26-16-20(3)34-35(26)28(23)32-27/h4-6,8,10-13,16-19,21H,7,9,14-15H2,1-3H3,(H,33,36). The molecule has 1 N–H and O–H groups in total. The van der Waals surface area contributed by atoms with Gasteiger partial charge in [-0.25, -0.2) is 14.8 Å². The van der Waals surface area contributed by atoms with E-state index in [0.29, 0.717) is 0 Å². The van der Waals surface area contributed by atoms with E-state index in [0.717, 1.165) is 64.9 Å². The van der Waals surface area contributed by atoms with Crippen LogP contribution in [0.3, 0.4) is 0 Å². The third-order valence-electron chi connectivity index (χ3n) is 7.39. The van der Waals surface area contributed by atoms with Crippen molar-refractivity contribution in [1.29, 1.82) is 0 Å². The van der Waals surface area contributed by atoms with Gasteiger partial charge in [-0.3, -0.25) is 0 Å². The number of allylic oxidation sites excluding steroid dienone is 4. The molecular weight excluding hydrogens is 462 g/mol. The average Bonchev–Trinajstić information content (AvgIpc) is 3.26. The van der Waals surface area contributed by atoms with Gasteiger partial charge in [0.1, 0.15) is 0 Å². The third kappa shape index (κ3) is 4.28. The predicted molar refractivity (Wildman–Crippen MR) is 144 cm³/mol. The first-order valence-electron chi connectivity index (χ1n) is 13.0. The maximum Gasteiger partial charge on any atom is 0.408 e. The topological polar surface area (TPSA) is 81.4 Å². The fourth-order valence-corrected chi connectivity index (χ4v) is 5.40. The molecular formula is C30H31N5O2. The smallest absolute Gasteiger partial charge is 0.408 e. The molecule has 4 aromatic rings. The summed E-state index contributed by atoms with van der Waals surface area (Å²) in [6.45, 7) is 5.69. The normalized spacial score (nSPS) is 18.3. The van der Waals surface area contributed by atoms with Crippen LogP contribution in [0.4, 0.5) is 4.79 Å². The molecule has 0 saturated heterocycles. The first-order chi connectivity index (χ1) is 17.9. The van der Waals surface area contributed by atoms with Gasteiger partial charge in [0.25, 0.3) is 0 Å². The second kappa shape index (κ2) is 9.14. The number of benzene rings is 1. The van der Waals surface area contributed by atoms with E-state index in [-0.39, 0.29) is 23.7 Å². The Morgan fingerprint density at radius 1 is 1.16 bits per heavy atom. The molecule has 0 bridgehead atoms. The van der Waals surface area contributed by atoms with Crippen LogP contribution in [0.2, 0.25) is 0 Å². The van der Waals surface area contributed by atoms with Crippen molar-refractivity contribution >= 4 is 22.8 Å². The Kier molecular flexibility index (Phi) is 5.78. The van der Waals surface area contributed by atoms with E-state index in [2.05, 4.69) is 70.0 Å². The number of rotatable bonds is 5. The second-order valence-corrected chi connectivity index (χ2v) is 10.4. The number of aryl methyl sites for hydroxylation is 1. The number of pyridine rings is 1. The summed E-state index contributed by atoms with van der Waals surface area (Å²) < 4.78 is 7.20. The molecule has 3 heterocycles. The molecule has 0 radical (unpaired) electrons. The molecule has 0 aliphatic heterocycles. The average molecular weight is 494 g/mol. The lowest BCUT2D eigenvalue weighted by Crippen LogP contribution is -2.51. The molecule has 2 aliphatic carbocycles. The maximum atomic E-state index is 12.4. The monoisotopic (exact) mass is 493 g/mol. The van der Waals surface area contributed by atoms with E-state index >= 15 is 0 Å². The summed E-state index contributed by atoms with van der Waals surface area (Å²) in [5.74, 6) is 0.233. The fraction of sp³-hybridized carbons (Fsp3) is 0.333. The number of alkyl carbamates (subject to hydrolysis) is 1. The van der Waals surface area contributed by atoms with Crippen molar-refractivity contribution in [2.75, 3.05) is 0 Å². The molecule has 6 rings (SSSR count). The van der Waals surface area contributed by atoms with Crippen LogP contribution in [0.15, 0.2) is 66.9 Å². The highest BCUT2D eigenvalue weighted by atomic mass is 16.6. The molecule has 7 nitrogen and oxygen atoms in total. The van der Waals surface area contributed by atoms with Crippen molar-refractivity contribution in [1.82, 2.24) is 24.9 Å². The lowest BCUT2D eigenvalue weighted by molar-refractivity contribution is 0.0884. The van der Waals surface area contributed by atoms with Gasteiger partial charge in [0.2, 0.25) is 0 Å². The van der Waals surface area contributed by atoms with Gasteiger partial charge in [-0.1, -0.05) is 48.6 Å². The third-order valence-corrected chi connectivity index (χ3v) is 7.39. The molecule has 1 aromatic carbocycles. The van der Waals surface area contributed by atoms with Crippen LogP contribution in [0.1, 0.15) is 62.3 Å². The molecule has 37 heavy (non-hydrogen) atoms. The number of nitrogens with zero attached hydrogens (tertiary/aromatic N) is 4. The van der Waals surface area contributed by atoms with Crippen LogP contribution < -0.4 is 5.32 Å². The summed E-state index contributed by atoms with van der Waals surface area (Å²) in [6.07, 6.45) is 13.8. The van der Waals surface area contributed by atoms with Crippen LogP contribution in [-0.4, -0.2) is 31.8 Å². The van der Waals surface area contributed by atoms with E-state index in [1.165, 1.54) is 5.56 Å². The van der Waals surface area contributed by atoms with E-state index in [9.17, 15) is 4.79 Å². The molecule has 1 amide bonds. The molecule has 3 aromatic heterocycles. The summed E-state index contributed by atoms with van der Waals surface area (Å²) in [4.78, 5) is 22.2. The lowest BCUT2D eigenvalue weighted by Gasteiger charge is -2.42. The maximum absolute atomic E-state index is 12.4. The number of nitrogens with one attached hydrogen (secondary N) is 1. The van der Waals surface area contributed by atoms with Gasteiger partial charge in [0.15, 0.2) is 11.3 Å². The van der Waals surface area contributed by atoms with Crippen LogP contribution in [0.25, 0.3) is 27.9 Å². The zero-order valence-corrected chi connectivity index (χ0v) is 21.4. The summed E-state index contributed by atoms with van der Waals surface area (Å²) in [6, 6.07) is 12.7. The number of hydrogen-bond donors (Lipinski definition) is 1. The summed E-state index contributed by atoms with van der Waals surface area (Å²) in [7, 11) is 0. The van der Waals surface area contributed by atoms with E-state index in [1.807, 2.05) is 37.5 Å². The first-order valence-corrected chi connectivity index (χ1v) is 13.0. The van der Waals surface area contributed by atoms with Crippen molar-refractivity contribution < 1.29 is 9.53 Å². The number of amides is 1. The van der Waals surface area contributed by atoms with E-state index in [1.54, 1.807) is 0 Å². The van der Waals surface area contributed by atoms with Crippen molar-refractivity contribution in [2.45, 2.75) is 64.0 Å². The van der Waals surface area contributed by atoms with Gasteiger partial charge < -0.3 is 10.1 Å². The zero-order chi connectivity index (χ0) is 25.6. The van der Waals surface area contributed by atoms with Crippen molar-refractivity contribution in [3.05, 3.63) is 83.7 Å². The van der Waals surface area contributed by atoms with Gasteiger partial charge in [-0.2, -0.15) is 9.61 Å². The number of carbonyl (C=O) groups excluding carboxylic acids is 1. The lowest BCUT2D eigenvalue weighted by atomic mass is 9.71. The van der Waals surface area contributed by atoms with Crippen LogP contribution >= 0.6 is 0 Å². The zero-order valence-electron chi connectivity index (χ0n) is 21.4. The molecule has 7 heteroatoms. The molecule has 1 atom stereocenters. The van der Waals surface area contributed by atoms with Crippen molar-refractivity contribution in [3.63, 3.8) is 0 Å². The Morgan fingerprint density at radius 2 is 1.97 bits per heavy atom. The minimum absolute atomic E-state index is 0.152. The molecule has 1 unspecified atom stereocenters. The number of hydrogen-bond acceptors (Lipinski definition) is 5. The van der Waals surface area contributed by atoms with Gasteiger partial charge in [0, 0.05) is 29.1 Å². The number of ether oxygens (including phenoxy) is 1. The van der Waals surface area contributed by atoms with Gasteiger partial charge in [0.05, 0.1) is 23.0 Å². The van der Waals surface area contributed by atoms with Gasteiger partial charge in [-0.15, -0.1) is 0 Å². The Labute approximate surface area is 216 Å². The summed E-state index contributed by atoms with van der Waals surface area (Å²) in [5, 5.41) is 8.75. The molecule has 1 saturated carbocycles. The van der Waals surface area contributed by atoms with Crippen LogP contribution in [0.5, 0.6) is 0 Å². The highest BCUT2D eigenvalue weighted by Gasteiger charge is 2.40. The molecule has 2 aliphatic rings. The predicted octanol–water partition coefficient (Wildman–Crippen LogP) is 6.37. The van der Waals surface area contributed by atoms with E-state index < -0.39 is 0 Å². The van der Waals surface area contributed by atoms with Crippen molar-refractivity contribution in [3.8, 4) is 11.3 Å². The Morgan fingerprint density at radius 3 is 2.65 bits per heavy atom. The molecule has 188 valence electrons. The first kappa shape index (κ1) is 23.4. The minimum Gasteiger partial charge on any atom is -0.447 e. The Balaban J connectivity index is 1.42. The fourth-order valence-electron chi connectivity index (χ4n) is 5.40. The largest absolute Gasteiger partial charge is 0.447 e.